The van der Waals surface area contributed by atoms with Crippen LogP contribution in [0.15, 0.2) is 29.3 Å². The number of halogens is 1. The summed E-state index contributed by atoms with van der Waals surface area (Å²) in [5.74, 6) is 2.68. The standard InChI is InChI=1S/C15H22N4O2S.HI/c16-15(19-7-9-22-10-8-19)18-6-2-5-17-14(21)12-3-1-4-13(20)11-12;/h1,3-4,11,20H,2,5-10H2,(H2,16,18)(H,17,21);1H. The Kier molecular flexibility index (Phi) is 9.15. The highest BCUT2D eigenvalue weighted by Crippen LogP contribution is 2.10. The third kappa shape index (κ3) is 6.86. The number of phenols is 1. The van der Waals surface area contributed by atoms with E-state index < -0.39 is 0 Å². The third-order valence-electron chi connectivity index (χ3n) is 3.34. The number of aliphatic imine (C=N–C) groups is 1. The van der Waals surface area contributed by atoms with Crippen molar-refractivity contribution in [2.75, 3.05) is 37.7 Å². The Morgan fingerprint density at radius 3 is 2.83 bits per heavy atom. The Hall–Kier alpha value is -1.16. The molecule has 1 aliphatic heterocycles. The van der Waals surface area contributed by atoms with Crippen molar-refractivity contribution < 1.29 is 9.90 Å². The first-order valence-electron chi connectivity index (χ1n) is 7.36. The zero-order chi connectivity index (χ0) is 15.8. The van der Waals surface area contributed by atoms with Crippen LogP contribution in [0.5, 0.6) is 5.75 Å². The van der Waals surface area contributed by atoms with Gasteiger partial charge in [0, 0.05) is 43.2 Å². The van der Waals surface area contributed by atoms with E-state index in [9.17, 15) is 9.90 Å². The molecule has 2 rings (SSSR count). The van der Waals surface area contributed by atoms with Crippen molar-refractivity contribution in [2.45, 2.75) is 6.42 Å². The molecule has 1 saturated heterocycles. The average Bonchev–Trinajstić information content (AvgIpc) is 2.55. The van der Waals surface area contributed by atoms with E-state index in [1.165, 1.54) is 12.1 Å². The van der Waals surface area contributed by atoms with Gasteiger partial charge in [0.1, 0.15) is 5.75 Å². The summed E-state index contributed by atoms with van der Waals surface area (Å²) >= 11 is 1.93. The van der Waals surface area contributed by atoms with Gasteiger partial charge < -0.3 is 21.1 Å². The zero-order valence-electron chi connectivity index (χ0n) is 12.9. The van der Waals surface area contributed by atoms with Gasteiger partial charge in [0.15, 0.2) is 5.96 Å². The molecule has 0 saturated carbocycles. The van der Waals surface area contributed by atoms with E-state index in [0.717, 1.165) is 31.0 Å². The first kappa shape index (κ1) is 19.9. The van der Waals surface area contributed by atoms with Gasteiger partial charge >= 0.3 is 0 Å². The molecule has 0 spiro atoms. The summed E-state index contributed by atoms with van der Waals surface area (Å²) in [5, 5.41) is 12.1. The maximum atomic E-state index is 11.8. The van der Waals surface area contributed by atoms with Gasteiger partial charge in [-0.3, -0.25) is 9.79 Å². The van der Waals surface area contributed by atoms with Crippen molar-refractivity contribution in [3.63, 3.8) is 0 Å². The summed E-state index contributed by atoms with van der Waals surface area (Å²) in [5.41, 5.74) is 6.40. The molecule has 0 unspecified atom stereocenters. The van der Waals surface area contributed by atoms with Crippen LogP contribution in [-0.2, 0) is 0 Å². The predicted molar refractivity (Wildman–Crippen MR) is 106 cm³/mol. The summed E-state index contributed by atoms with van der Waals surface area (Å²) < 4.78 is 0. The number of hydrogen-bond acceptors (Lipinski definition) is 4. The molecular formula is C15H23IN4O2S. The minimum absolute atomic E-state index is 0. The molecule has 0 aromatic heterocycles. The van der Waals surface area contributed by atoms with Gasteiger partial charge in [0.2, 0.25) is 0 Å². The Bertz CT molecular complexity index is 536. The van der Waals surface area contributed by atoms with Gasteiger partial charge in [-0.25, -0.2) is 0 Å². The van der Waals surface area contributed by atoms with E-state index in [2.05, 4.69) is 15.2 Å². The average molecular weight is 450 g/mol. The van der Waals surface area contributed by atoms with Crippen molar-refractivity contribution in [1.82, 2.24) is 10.2 Å². The fourth-order valence-electron chi connectivity index (χ4n) is 2.12. The summed E-state index contributed by atoms with van der Waals surface area (Å²) in [6.07, 6.45) is 0.730. The van der Waals surface area contributed by atoms with Crippen molar-refractivity contribution >= 4 is 47.6 Å². The van der Waals surface area contributed by atoms with Crippen LogP contribution in [0.25, 0.3) is 0 Å². The second-order valence-electron chi connectivity index (χ2n) is 5.00. The number of nitrogens with one attached hydrogen (secondary N) is 1. The van der Waals surface area contributed by atoms with E-state index in [1.807, 2.05) is 11.8 Å². The molecule has 0 bridgehead atoms. The van der Waals surface area contributed by atoms with Crippen molar-refractivity contribution in [2.24, 2.45) is 10.7 Å². The van der Waals surface area contributed by atoms with Gasteiger partial charge in [-0.05, 0) is 24.6 Å². The van der Waals surface area contributed by atoms with Gasteiger partial charge in [-0.2, -0.15) is 11.8 Å². The van der Waals surface area contributed by atoms with E-state index in [-0.39, 0.29) is 35.6 Å². The number of rotatable bonds is 5. The number of amides is 1. The molecule has 1 heterocycles. The summed E-state index contributed by atoms with van der Waals surface area (Å²) in [4.78, 5) is 18.3. The van der Waals surface area contributed by atoms with Crippen LogP contribution in [-0.4, -0.2) is 59.6 Å². The largest absolute Gasteiger partial charge is 0.508 e. The molecule has 0 radical (unpaired) electrons. The molecule has 4 N–H and O–H groups in total. The number of thioether (sulfide) groups is 1. The first-order chi connectivity index (χ1) is 10.7. The van der Waals surface area contributed by atoms with Crippen LogP contribution in [0, 0.1) is 0 Å². The molecule has 128 valence electrons. The van der Waals surface area contributed by atoms with Crippen LogP contribution in [0.1, 0.15) is 16.8 Å². The fourth-order valence-corrected chi connectivity index (χ4v) is 3.02. The Balaban J connectivity index is 0.00000264. The second kappa shape index (κ2) is 10.6. The highest BCUT2D eigenvalue weighted by molar-refractivity contribution is 14.0. The van der Waals surface area contributed by atoms with Crippen molar-refractivity contribution in [3.05, 3.63) is 29.8 Å². The summed E-state index contributed by atoms with van der Waals surface area (Å²) in [6, 6.07) is 6.29. The van der Waals surface area contributed by atoms with Crippen LogP contribution >= 0.6 is 35.7 Å². The molecule has 0 atom stereocenters. The SMILES string of the molecule is I.NC(=NCCCNC(=O)c1cccc(O)c1)N1CCSCC1. The number of carbonyl (C=O) groups excluding carboxylic acids is 1. The number of carbonyl (C=O) groups is 1. The lowest BCUT2D eigenvalue weighted by Crippen LogP contribution is -2.42. The maximum Gasteiger partial charge on any atom is 0.251 e. The third-order valence-corrected chi connectivity index (χ3v) is 4.28. The molecule has 8 heteroatoms. The van der Waals surface area contributed by atoms with Gasteiger partial charge in [0.25, 0.3) is 5.91 Å². The molecule has 1 aromatic rings. The van der Waals surface area contributed by atoms with E-state index in [4.69, 9.17) is 5.73 Å². The molecule has 23 heavy (non-hydrogen) atoms. The van der Waals surface area contributed by atoms with Crippen LogP contribution in [0.4, 0.5) is 0 Å². The number of guanidine groups is 1. The summed E-state index contributed by atoms with van der Waals surface area (Å²) in [6.45, 7) is 3.03. The second-order valence-corrected chi connectivity index (χ2v) is 6.22. The topological polar surface area (TPSA) is 90.9 Å². The quantitative estimate of drug-likeness (QED) is 0.274. The Morgan fingerprint density at radius 1 is 1.39 bits per heavy atom. The molecule has 1 aromatic carbocycles. The lowest BCUT2D eigenvalue weighted by atomic mass is 10.2. The number of nitrogens with zero attached hydrogens (tertiary/aromatic N) is 2. The normalized spacial score (nSPS) is 15.0. The Labute approximate surface area is 157 Å². The molecule has 1 amide bonds. The van der Waals surface area contributed by atoms with Crippen molar-refractivity contribution in [1.29, 1.82) is 0 Å². The minimum atomic E-state index is -0.194. The highest BCUT2D eigenvalue weighted by atomic mass is 127. The van der Waals surface area contributed by atoms with Crippen LogP contribution in [0.3, 0.4) is 0 Å². The fraction of sp³-hybridized carbons (Fsp3) is 0.467. The monoisotopic (exact) mass is 450 g/mol. The highest BCUT2D eigenvalue weighted by Gasteiger charge is 2.11. The van der Waals surface area contributed by atoms with Crippen LogP contribution < -0.4 is 11.1 Å². The van der Waals surface area contributed by atoms with E-state index >= 15 is 0 Å². The molecular weight excluding hydrogens is 427 g/mol. The van der Waals surface area contributed by atoms with Gasteiger partial charge in [-0.15, -0.1) is 24.0 Å². The molecule has 6 nitrogen and oxygen atoms in total. The number of hydrogen-bond donors (Lipinski definition) is 3. The van der Waals surface area contributed by atoms with E-state index in [0.29, 0.717) is 24.6 Å². The smallest absolute Gasteiger partial charge is 0.251 e. The van der Waals surface area contributed by atoms with Crippen LogP contribution in [0.2, 0.25) is 0 Å². The molecule has 1 aliphatic rings. The minimum Gasteiger partial charge on any atom is -0.508 e. The summed E-state index contributed by atoms with van der Waals surface area (Å²) in [7, 11) is 0. The number of aromatic hydroxyl groups is 1. The van der Waals surface area contributed by atoms with E-state index in [1.54, 1.807) is 12.1 Å². The first-order valence-corrected chi connectivity index (χ1v) is 8.52. The lowest BCUT2D eigenvalue weighted by molar-refractivity contribution is 0.0953. The molecule has 1 fully saturated rings. The Morgan fingerprint density at radius 2 is 2.13 bits per heavy atom. The molecule has 0 aliphatic carbocycles. The maximum absolute atomic E-state index is 11.8. The predicted octanol–water partition coefficient (Wildman–Crippen LogP) is 1.49. The number of benzene rings is 1. The number of nitrogens with two attached hydrogens (primary N) is 1. The zero-order valence-corrected chi connectivity index (χ0v) is 16.0. The lowest BCUT2D eigenvalue weighted by Gasteiger charge is -2.27. The van der Waals surface area contributed by atoms with Crippen molar-refractivity contribution in [3.8, 4) is 5.75 Å². The van der Waals surface area contributed by atoms with Gasteiger partial charge in [-0.1, -0.05) is 6.07 Å². The van der Waals surface area contributed by atoms with Gasteiger partial charge in [0.05, 0.1) is 0 Å². The number of phenolic OH excluding ortho intramolecular Hbond substituents is 1.